The third-order valence-corrected chi connectivity index (χ3v) is 6.42. The lowest BCUT2D eigenvalue weighted by molar-refractivity contribution is 0.172. The Morgan fingerprint density at radius 1 is 1.07 bits per heavy atom. The van der Waals surface area contributed by atoms with E-state index in [1.165, 1.54) is 47.7 Å². The van der Waals surface area contributed by atoms with Crippen molar-refractivity contribution in [1.82, 2.24) is 9.47 Å². The minimum Gasteiger partial charge on any atom is -0.496 e. The van der Waals surface area contributed by atoms with Crippen molar-refractivity contribution in [2.45, 2.75) is 51.7 Å². The SMILES string of the molecule is COc1ccccc1CN1CCCn2c3c(c4cc(C)ccc42)CCC[C@H]31. The van der Waals surface area contributed by atoms with Crippen LogP contribution in [0, 0.1) is 6.92 Å². The number of ether oxygens (including phenoxy) is 1. The van der Waals surface area contributed by atoms with Gasteiger partial charge in [0.1, 0.15) is 5.75 Å². The molecule has 140 valence electrons. The number of rotatable bonds is 3. The highest BCUT2D eigenvalue weighted by Gasteiger charge is 2.33. The largest absolute Gasteiger partial charge is 0.496 e. The fourth-order valence-electron chi connectivity index (χ4n) is 5.24. The third kappa shape index (κ3) is 2.76. The first-order valence-corrected chi connectivity index (χ1v) is 10.2. The zero-order chi connectivity index (χ0) is 18.4. The van der Waals surface area contributed by atoms with Crippen LogP contribution in [-0.4, -0.2) is 23.1 Å². The zero-order valence-corrected chi connectivity index (χ0v) is 16.4. The van der Waals surface area contributed by atoms with E-state index in [2.05, 4.69) is 58.9 Å². The first-order chi connectivity index (χ1) is 13.3. The van der Waals surface area contributed by atoms with Gasteiger partial charge < -0.3 is 9.30 Å². The maximum absolute atomic E-state index is 5.62. The van der Waals surface area contributed by atoms with Gasteiger partial charge in [0.2, 0.25) is 0 Å². The molecule has 1 atom stereocenters. The molecule has 0 unspecified atom stereocenters. The minimum atomic E-state index is 0.522. The van der Waals surface area contributed by atoms with E-state index in [1.54, 1.807) is 18.4 Å². The summed E-state index contributed by atoms with van der Waals surface area (Å²) in [4.78, 5) is 2.70. The van der Waals surface area contributed by atoms with Gasteiger partial charge in [-0.15, -0.1) is 0 Å². The van der Waals surface area contributed by atoms with Gasteiger partial charge in [0.05, 0.1) is 13.2 Å². The van der Waals surface area contributed by atoms with E-state index in [4.69, 9.17) is 4.74 Å². The highest BCUT2D eigenvalue weighted by Crippen LogP contribution is 2.43. The van der Waals surface area contributed by atoms with E-state index in [0.717, 1.165) is 25.4 Å². The summed E-state index contributed by atoms with van der Waals surface area (Å²) in [5, 5.41) is 1.49. The Morgan fingerprint density at radius 2 is 1.96 bits per heavy atom. The number of hydrogen-bond acceptors (Lipinski definition) is 2. The van der Waals surface area contributed by atoms with E-state index >= 15 is 0 Å². The van der Waals surface area contributed by atoms with Crippen molar-refractivity contribution in [2.75, 3.05) is 13.7 Å². The lowest BCUT2D eigenvalue weighted by Crippen LogP contribution is -2.31. The molecule has 5 rings (SSSR count). The van der Waals surface area contributed by atoms with Crippen LogP contribution >= 0.6 is 0 Å². The van der Waals surface area contributed by atoms with E-state index in [-0.39, 0.29) is 0 Å². The quantitative estimate of drug-likeness (QED) is 0.635. The minimum absolute atomic E-state index is 0.522. The molecule has 1 aliphatic carbocycles. The highest BCUT2D eigenvalue weighted by atomic mass is 16.5. The molecule has 0 bridgehead atoms. The van der Waals surface area contributed by atoms with Gasteiger partial charge in [-0.25, -0.2) is 0 Å². The van der Waals surface area contributed by atoms with Crippen LogP contribution in [0.4, 0.5) is 0 Å². The Hall–Kier alpha value is -2.26. The molecule has 2 aliphatic rings. The molecule has 1 aliphatic heterocycles. The highest BCUT2D eigenvalue weighted by molar-refractivity contribution is 5.86. The first-order valence-electron chi connectivity index (χ1n) is 10.2. The van der Waals surface area contributed by atoms with Gasteiger partial charge in [-0.3, -0.25) is 4.90 Å². The van der Waals surface area contributed by atoms with E-state index in [9.17, 15) is 0 Å². The monoisotopic (exact) mass is 360 g/mol. The fraction of sp³-hybridized carbons (Fsp3) is 0.417. The van der Waals surface area contributed by atoms with Gasteiger partial charge >= 0.3 is 0 Å². The molecule has 3 heteroatoms. The molecule has 27 heavy (non-hydrogen) atoms. The van der Waals surface area contributed by atoms with Crippen molar-refractivity contribution in [3.63, 3.8) is 0 Å². The molecule has 3 nitrogen and oxygen atoms in total. The van der Waals surface area contributed by atoms with Gasteiger partial charge in [-0.2, -0.15) is 0 Å². The number of nitrogens with zero attached hydrogens (tertiary/aromatic N) is 2. The van der Waals surface area contributed by atoms with Crippen molar-refractivity contribution >= 4 is 10.9 Å². The second kappa shape index (κ2) is 6.72. The summed E-state index contributed by atoms with van der Waals surface area (Å²) in [6.45, 7) is 5.46. The topological polar surface area (TPSA) is 17.4 Å². The van der Waals surface area contributed by atoms with Gasteiger partial charge in [0.25, 0.3) is 0 Å². The Kier molecular flexibility index (Phi) is 4.20. The molecule has 2 heterocycles. The zero-order valence-electron chi connectivity index (χ0n) is 16.4. The summed E-state index contributed by atoms with van der Waals surface area (Å²) in [5.74, 6) is 1.01. The molecule has 0 spiro atoms. The van der Waals surface area contributed by atoms with Crippen LogP contribution in [0.3, 0.4) is 0 Å². The molecule has 2 aromatic carbocycles. The molecule has 0 radical (unpaired) electrons. The van der Waals surface area contributed by atoms with Crippen molar-refractivity contribution < 1.29 is 4.74 Å². The standard InChI is InChI=1S/C24H28N2O/c1-17-11-12-21-20(15-17)19-8-5-9-22-24(19)26(21)14-6-13-25(22)16-18-7-3-4-10-23(18)27-2/h3-4,7,10-12,15,22H,5-6,8-9,13-14,16H2,1-2H3/t22-/m1/s1. The molecular weight excluding hydrogens is 332 g/mol. The lowest BCUT2D eigenvalue weighted by atomic mass is 9.90. The molecule has 1 aromatic heterocycles. The van der Waals surface area contributed by atoms with E-state index < -0.39 is 0 Å². The average Bonchev–Trinajstić information content (AvgIpc) is 2.88. The summed E-state index contributed by atoms with van der Waals surface area (Å²) in [5.41, 5.74) is 7.31. The van der Waals surface area contributed by atoms with Crippen molar-refractivity contribution in [3.05, 3.63) is 64.8 Å². The van der Waals surface area contributed by atoms with Crippen molar-refractivity contribution in [3.8, 4) is 5.75 Å². The van der Waals surface area contributed by atoms with Crippen LogP contribution in [0.25, 0.3) is 10.9 Å². The molecule has 0 fully saturated rings. The smallest absolute Gasteiger partial charge is 0.123 e. The number of aryl methyl sites for hydroxylation is 3. The molecule has 0 N–H and O–H groups in total. The molecule has 0 saturated carbocycles. The predicted molar refractivity (Wildman–Crippen MR) is 110 cm³/mol. The van der Waals surface area contributed by atoms with Gasteiger partial charge in [-0.1, -0.05) is 29.8 Å². The van der Waals surface area contributed by atoms with E-state index in [0.29, 0.717) is 6.04 Å². The number of benzene rings is 2. The fourth-order valence-corrected chi connectivity index (χ4v) is 5.24. The maximum atomic E-state index is 5.62. The number of hydrogen-bond donors (Lipinski definition) is 0. The Morgan fingerprint density at radius 3 is 2.85 bits per heavy atom. The summed E-state index contributed by atoms with van der Waals surface area (Å²) in [7, 11) is 1.78. The van der Waals surface area contributed by atoms with Gasteiger partial charge in [0.15, 0.2) is 0 Å². The number of methoxy groups -OCH3 is 1. The number of para-hydroxylation sites is 1. The van der Waals surface area contributed by atoms with Crippen molar-refractivity contribution in [1.29, 1.82) is 0 Å². The Bertz CT molecular complexity index is 984. The lowest BCUT2D eigenvalue weighted by Gasteiger charge is -2.34. The second-order valence-corrected chi connectivity index (χ2v) is 8.08. The summed E-state index contributed by atoms with van der Waals surface area (Å²) >= 11 is 0. The summed E-state index contributed by atoms with van der Waals surface area (Å²) in [6.07, 6.45) is 4.97. The molecule has 0 amide bonds. The molecular formula is C24H28N2O. The van der Waals surface area contributed by atoms with Crippen LogP contribution in [-0.2, 0) is 19.5 Å². The van der Waals surface area contributed by atoms with Crippen molar-refractivity contribution in [2.24, 2.45) is 0 Å². The summed E-state index contributed by atoms with van der Waals surface area (Å²) < 4.78 is 8.26. The average molecular weight is 361 g/mol. The number of aromatic nitrogens is 1. The summed E-state index contributed by atoms with van der Waals surface area (Å²) in [6, 6.07) is 16.0. The Labute approximate surface area is 161 Å². The third-order valence-electron chi connectivity index (χ3n) is 6.42. The normalized spacial score (nSPS) is 19.7. The van der Waals surface area contributed by atoms with Crippen LogP contribution in [0.5, 0.6) is 5.75 Å². The second-order valence-electron chi connectivity index (χ2n) is 8.08. The van der Waals surface area contributed by atoms with E-state index in [1.807, 2.05) is 0 Å². The molecule has 3 aromatic rings. The number of fused-ring (bicyclic) bond motifs is 3. The van der Waals surface area contributed by atoms with Crippen LogP contribution < -0.4 is 4.74 Å². The van der Waals surface area contributed by atoms with Crippen LogP contribution in [0.15, 0.2) is 42.5 Å². The van der Waals surface area contributed by atoms with Crippen LogP contribution in [0.2, 0.25) is 0 Å². The maximum Gasteiger partial charge on any atom is 0.123 e. The molecule has 0 saturated heterocycles. The van der Waals surface area contributed by atoms with Crippen LogP contribution in [0.1, 0.15) is 47.7 Å². The predicted octanol–water partition coefficient (Wildman–Crippen LogP) is 5.24. The van der Waals surface area contributed by atoms with Gasteiger partial charge in [-0.05, 0) is 56.4 Å². The first kappa shape index (κ1) is 16.9. The Balaban J connectivity index is 1.59. The van der Waals surface area contributed by atoms with Gasteiger partial charge in [0, 0.05) is 41.8 Å².